The van der Waals surface area contributed by atoms with Gasteiger partial charge in [-0.15, -0.1) is 0 Å². The van der Waals surface area contributed by atoms with Crippen LogP contribution in [0.15, 0.2) is 12.1 Å². The molecular weight excluding hydrogens is 250 g/mol. The van der Waals surface area contributed by atoms with Crippen molar-refractivity contribution in [3.05, 3.63) is 23.4 Å². The molecule has 1 aromatic rings. The van der Waals surface area contributed by atoms with Gasteiger partial charge in [-0.25, -0.2) is 4.98 Å². The van der Waals surface area contributed by atoms with Crippen LogP contribution in [0, 0.1) is 0 Å². The topological polar surface area (TPSA) is 37.4 Å². The first-order chi connectivity index (χ1) is 9.70. The Labute approximate surface area is 122 Å². The first-order valence-corrected chi connectivity index (χ1v) is 7.75. The molecule has 0 spiro atoms. The summed E-state index contributed by atoms with van der Waals surface area (Å²) in [5.41, 5.74) is 2.51. The average Bonchev–Trinajstić information content (AvgIpc) is 2.73. The van der Waals surface area contributed by atoms with E-state index >= 15 is 0 Å². The van der Waals surface area contributed by atoms with Crippen LogP contribution in [0.1, 0.15) is 44.4 Å². The molecule has 0 radical (unpaired) electrons. The Hall–Kier alpha value is -1.13. The predicted molar refractivity (Wildman–Crippen MR) is 83.4 cm³/mol. The predicted octanol–water partition coefficient (Wildman–Crippen LogP) is 2.54. The first kappa shape index (κ1) is 15.3. The highest BCUT2D eigenvalue weighted by atomic mass is 16.5. The number of anilines is 1. The van der Waals surface area contributed by atoms with Crippen molar-refractivity contribution in [1.29, 1.82) is 0 Å². The third-order valence-corrected chi connectivity index (χ3v) is 3.61. The number of hydrogen-bond donors (Lipinski definition) is 1. The van der Waals surface area contributed by atoms with E-state index in [-0.39, 0.29) is 0 Å². The van der Waals surface area contributed by atoms with Crippen LogP contribution >= 0.6 is 0 Å². The molecule has 1 aliphatic rings. The molecule has 1 aromatic heterocycles. The minimum absolute atomic E-state index is 0.457. The van der Waals surface area contributed by atoms with Gasteiger partial charge in [-0.2, -0.15) is 0 Å². The molecule has 1 aliphatic heterocycles. The second-order valence-corrected chi connectivity index (χ2v) is 5.65. The van der Waals surface area contributed by atoms with Crippen molar-refractivity contribution in [2.45, 2.75) is 39.7 Å². The second-order valence-electron chi connectivity index (χ2n) is 5.65. The smallest absolute Gasteiger partial charge is 0.129 e. The van der Waals surface area contributed by atoms with Gasteiger partial charge in [-0.05, 0) is 36.6 Å². The second kappa shape index (κ2) is 7.60. The summed E-state index contributed by atoms with van der Waals surface area (Å²) in [6, 6.07) is 4.45. The summed E-state index contributed by atoms with van der Waals surface area (Å²) in [6.07, 6.45) is 1.08. The largest absolute Gasteiger partial charge is 0.380 e. The lowest BCUT2D eigenvalue weighted by molar-refractivity contribution is 0.152. The van der Waals surface area contributed by atoms with E-state index in [1.807, 2.05) is 0 Å². The number of nitrogens with zero attached hydrogens (tertiary/aromatic N) is 2. The SMILES string of the molecule is CCNCc1cc(C(C)C)nc(N2CCCOCC2)c1. The van der Waals surface area contributed by atoms with Crippen LogP contribution in [0.4, 0.5) is 5.82 Å². The molecule has 1 saturated heterocycles. The van der Waals surface area contributed by atoms with Crippen molar-refractivity contribution < 1.29 is 4.74 Å². The fourth-order valence-electron chi connectivity index (χ4n) is 2.40. The van der Waals surface area contributed by atoms with Gasteiger partial charge < -0.3 is 15.0 Å². The van der Waals surface area contributed by atoms with Gasteiger partial charge in [-0.1, -0.05) is 20.8 Å². The molecule has 0 saturated carbocycles. The van der Waals surface area contributed by atoms with E-state index in [4.69, 9.17) is 9.72 Å². The van der Waals surface area contributed by atoms with Crippen molar-refractivity contribution in [2.24, 2.45) is 0 Å². The maximum atomic E-state index is 5.54. The van der Waals surface area contributed by atoms with Crippen LogP contribution < -0.4 is 10.2 Å². The van der Waals surface area contributed by atoms with Gasteiger partial charge in [0.15, 0.2) is 0 Å². The average molecular weight is 277 g/mol. The van der Waals surface area contributed by atoms with Crippen LogP contribution in [0.5, 0.6) is 0 Å². The molecule has 0 bridgehead atoms. The van der Waals surface area contributed by atoms with E-state index in [0.717, 1.165) is 51.6 Å². The Bertz CT molecular complexity index is 412. The van der Waals surface area contributed by atoms with E-state index in [2.05, 4.69) is 43.1 Å². The first-order valence-electron chi connectivity index (χ1n) is 7.75. The molecule has 112 valence electrons. The highest BCUT2D eigenvalue weighted by Crippen LogP contribution is 2.21. The Morgan fingerprint density at radius 1 is 1.30 bits per heavy atom. The zero-order valence-corrected chi connectivity index (χ0v) is 13.0. The molecule has 0 atom stereocenters. The molecule has 4 nitrogen and oxygen atoms in total. The molecule has 20 heavy (non-hydrogen) atoms. The zero-order chi connectivity index (χ0) is 14.4. The zero-order valence-electron chi connectivity index (χ0n) is 13.0. The van der Waals surface area contributed by atoms with Gasteiger partial charge in [-0.3, -0.25) is 0 Å². The Morgan fingerprint density at radius 2 is 2.15 bits per heavy atom. The van der Waals surface area contributed by atoms with Gasteiger partial charge in [0, 0.05) is 31.9 Å². The Morgan fingerprint density at radius 3 is 2.90 bits per heavy atom. The maximum absolute atomic E-state index is 5.54. The molecule has 4 heteroatoms. The number of aromatic nitrogens is 1. The lowest BCUT2D eigenvalue weighted by atomic mass is 10.1. The minimum atomic E-state index is 0.457. The van der Waals surface area contributed by atoms with Crippen LogP contribution in [-0.4, -0.2) is 37.8 Å². The van der Waals surface area contributed by atoms with E-state index in [9.17, 15) is 0 Å². The van der Waals surface area contributed by atoms with Gasteiger partial charge in [0.25, 0.3) is 0 Å². The Balaban J connectivity index is 2.22. The van der Waals surface area contributed by atoms with E-state index in [0.29, 0.717) is 5.92 Å². The van der Waals surface area contributed by atoms with Crippen molar-refractivity contribution in [1.82, 2.24) is 10.3 Å². The van der Waals surface area contributed by atoms with Crippen LogP contribution in [-0.2, 0) is 11.3 Å². The molecule has 2 rings (SSSR count). The number of ether oxygens (including phenoxy) is 1. The van der Waals surface area contributed by atoms with Gasteiger partial charge in [0.1, 0.15) is 5.82 Å². The molecule has 1 N–H and O–H groups in total. The highest BCUT2D eigenvalue weighted by molar-refractivity contribution is 5.43. The number of rotatable bonds is 5. The van der Waals surface area contributed by atoms with E-state index in [1.54, 1.807) is 0 Å². The minimum Gasteiger partial charge on any atom is -0.380 e. The van der Waals surface area contributed by atoms with E-state index < -0.39 is 0 Å². The summed E-state index contributed by atoms with van der Waals surface area (Å²) in [5.74, 6) is 1.56. The highest BCUT2D eigenvalue weighted by Gasteiger charge is 2.14. The normalized spacial score (nSPS) is 16.5. The molecule has 0 aliphatic carbocycles. The number of nitrogens with one attached hydrogen (secondary N) is 1. The lowest BCUT2D eigenvalue weighted by Crippen LogP contribution is -2.27. The summed E-state index contributed by atoms with van der Waals surface area (Å²) in [7, 11) is 0. The van der Waals surface area contributed by atoms with E-state index in [1.165, 1.54) is 11.3 Å². The van der Waals surface area contributed by atoms with Gasteiger partial charge in [0.2, 0.25) is 0 Å². The van der Waals surface area contributed by atoms with Crippen molar-refractivity contribution in [2.75, 3.05) is 37.7 Å². The summed E-state index contributed by atoms with van der Waals surface area (Å²) < 4.78 is 5.54. The van der Waals surface area contributed by atoms with Crippen molar-refractivity contribution in [3.63, 3.8) is 0 Å². The van der Waals surface area contributed by atoms with Crippen molar-refractivity contribution >= 4 is 5.82 Å². The summed E-state index contributed by atoms with van der Waals surface area (Å²) in [6.45, 7) is 12.1. The molecule has 0 unspecified atom stereocenters. The summed E-state index contributed by atoms with van der Waals surface area (Å²) in [4.78, 5) is 7.20. The van der Waals surface area contributed by atoms with Crippen molar-refractivity contribution in [3.8, 4) is 0 Å². The fourth-order valence-corrected chi connectivity index (χ4v) is 2.40. The summed E-state index contributed by atoms with van der Waals surface area (Å²) >= 11 is 0. The quantitative estimate of drug-likeness (QED) is 0.897. The molecular formula is C16H27N3O. The molecule has 0 amide bonds. The lowest BCUT2D eigenvalue weighted by Gasteiger charge is -2.23. The third-order valence-electron chi connectivity index (χ3n) is 3.61. The fraction of sp³-hybridized carbons (Fsp3) is 0.688. The van der Waals surface area contributed by atoms with Crippen LogP contribution in [0.2, 0.25) is 0 Å². The number of hydrogen-bond acceptors (Lipinski definition) is 4. The third kappa shape index (κ3) is 4.18. The standard InChI is InChI=1S/C16H27N3O/c1-4-17-12-14-10-15(13(2)3)18-16(11-14)19-6-5-8-20-9-7-19/h10-11,13,17H,4-9,12H2,1-3H3. The Kier molecular flexibility index (Phi) is 5.80. The molecule has 2 heterocycles. The maximum Gasteiger partial charge on any atom is 0.129 e. The molecule has 0 aromatic carbocycles. The summed E-state index contributed by atoms with van der Waals surface area (Å²) in [5, 5.41) is 3.40. The van der Waals surface area contributed by atoms with Crippen LogP contribution in [0.25, 0.3) is 0 Å². The van der Waals surface area contributed by atoms with Gasteiger partial charge >= 0.3 is 0 Å². The molecule has 1 fully saturated rings. The van der Waals surface area contributed by atoms with Gasteiger partial charge in [0.05, 0.1) is 6.61 Å². The monoisotopic (exact) mass is 277 g/mol. The number of pyridine rings is 1. The van der Waals surface area contributed by atoms with Crippen LogP contribution in [0.3, 0.4) is 0 Å².